The first-order chi connectivity index (χ1) is 13.5. The van der Waals surface area contributed by atoms with Gasteiger partial charge in [-0.15, -0.1) is 5.10 Å². The van der Waals surface area contributed by atoms with E-state index in [9.17, 15) is 9.59 Å². The molecule has 0 unspecified atom stereocenters. The van der Waals surface area contributed by atoms with Gasteiger partial charge in [0.05, 0.1) is 6.61 Å². The number of aromatic nitrogens is 2. The fourth-order valence-corrected chi connectivity index (χ4v) is 3.40. The van der Waals surface area contributed by atoms with Crippen molar-refractivity contribution in [3.63, 3.8) is 0 Å². The van der Waals surface area contributed by atoms with E-state index >= 15 is 0 Å². The van der Waals surface area contributed by atoms with E-state index in [4.69, 9.17) is 14.9 Å². The molecular weight excluding hydrogens is 362 g/mol. The number of piperidine rings is 1. The van der Waals surface area contributed by atoms with Crippen LogP contribution in [-0.4, -0.2) is 63.1 Å². The van der Waals surface area contributed by atoms with Gasteiger partial charge in [0, 0.05) is 30.5 Å². The van der Waals surface area contributed by atoms with Gasteiger partial charge in [-0.05, 0) is 64.6 Å². The Balaban J connectivity index is 0.000000300. The smallest absolute Gasteiger partial charge is 0.328 e. The first kappa shape index (κ1) is 21.9. The SMILES string of the molecule is O=C(O)C=CC(=O)O.c1c(OCCCCN2CCCCC2)nn2c1CCCC2. The van der Waals surface area contributed by atoms with Crippen LogP contribution in [0, 0.1) is 0 Å². The van der Waals surface area contributed by atoms with Gasteiger partial charge >= 0.3 is 11.9 Å². The number of carboxylic acid groups (broad SMARTS) is 2. The molecule has 3 heterocycles. The summed E-state index contributed by atoms with van der Waals surface area (Å²) in [5, 5.41) is 20.1. The third-order valence-electron chi connectivity index (χ3n) is 4.83. The van der Waals surface area contributed by atoms with Crippen LogP contribution < -0.4 is 4.74 Å². The van der Waals surface area contributed by atoms with Crippen LogP contribution >= 0.6 is 0 Å². The molecule has 1 fully saturated rings. The first-order valence-corrected chi connectivity index (χ1v) is 10.1. The molecule has 0 saturated carbocycles. The molecule has 0 radical (unpaired) electrons. The highest BCUT2D eigenvalue weighted by atomic mass is 16.5. The van der Waals surface area contributed by atoms with Gasteiger partial charge < -0.3 is 19.8 Å². The zero-order valence-electron chi connectivity index (χ0n) is 16.4. The number of hydrogen-bond acceptors (Lipinski definition) is 5. The van der Waals surface area contributed by atoms with E-state index in [1.165, 1.54) is 63.9 Å². The van der Waals surface area contributed by atoms with E-state index in [-0.39, 0.29) is 0 Å². The zero-order valence-corrected chi connectivity index (χ0v) is 16.4. The number of fused-ring (bicyclic) bond motifs is 1. The lowest BCUT2D eigenvalue weighted by Gasteiger charge is -2.26. The summed E-state index contributed by atoms with van der Waals surface area (Å²) in [6, 6.07) is 2.13. The van der Waals surface area contributed by atoms with Gasteiger partial charge in [-0.1, -0.05) is 6.42 Å². The molecule has 156 valence electrons. The molecule has 8 nitrogen and oxygen atoms in total. The number of carbonyl (C=O) groups is 2. The molecule has 1 aromatic heterocycles. The molecule has 2 N–H and O–H groups in total. The molecule has 0 atom stereocenters. The van der Waals surface area contributed by atoms with Crippen molar-refractivity contribution >= 4 is 11.9 Å². The average molecular weight is 393 g/mol. The van der Waals surface area contributed by atoms with Crippen molar-refractivity contribution in [2.45, 2.75) is 57.9 Å². The predicted molar refractivity (Wildman–Crippen MR) is 105 cm³/mol. The highest BCUT2D eigenvalue weighted by molar-refractivity contribution is 5.89. The van der Waals surface area contributed by atoms with Gasteiger partial charge in [0.1, 0.15) is 0 Å². The number of likely N-dealkylation sites (tertiary alicyclic amines) is 1. The van der Waals surface area contributed by atoms with Gasteiger partial charge in [0.15, 0.2) is 0 Å². The van der Waals surface area contributed by atoms with E-state index in [2.05, 4.69) is 20.7 Å². The third kappa shape index (κ3) is 8.56. The van der Waals surface area contributed by atoms with E-state index in [0.717, 1.165) is 31.9 Å². The summed E-state index contributed by atoms with van der Waals surface area (Å²) in [4.78, 5) is 21.7. The minimum Gasteiger partial charge on any atom is -0.478 e. The maximum absolute atomic E-state index is 9.55. The van der Waals surface area contributed by atoms with Crippen LogP contribution in [0.2, 0.25) is 0 Å². The highest BCUT2D eigenvalue weighted by Gasteiger charge is 2.13. The summed E-state index contributed by atoms with van der Waals surface area (Å²) in [5.74, 6) is -1.68. The Bertz CT molecular complexity index is 611. The third-order valence-corrected chi connectivity index (χ3v) is 4.83. The van der Waals surface area contributed by atoms with Crippen LogP contribution in [0.25, 0.3) is 0 Å². The summed E-state index contributed by atoms with van der Waals surface area (Å²) >= 11 is 0. The van der Waals surface area contributed by atoms with Crippen molar-refractivity contribution < 1.29 is 24.5 Å². The summed E-state index contributed by atoms with van der Waals surface area (Å²) in [5.41, 5.74) is 1.35. The topological polar surface area (TPSA) is 105 Å². The Labute approximate surface area is 165 Å². The maximum atomic E-state index is 9.55. The molecule has 3 rings (SSSR count). The van der Waals surface area contributed by atoms with E-state index in [0.29, 0.717) is 12.2 Å². The van der Waals surface area contributed by atoms with Crippen LogP contribution in [0.4, 0.5) is 0 Å². The summed E-state index contributed by atoms with van der Waals surface area (Å²) in [7, 11) is 0. The quantitative estimate of drug-likeness (QED) is 0.516. The number of aryl methyl sites for hydroxylation is 2. The molecule has 1 aromatic rings. The predicted octanol–water partition coefficient (Wildman–Crippen LogP) is 2.58. The monoisotopic (exact) mass is 393 g/mol. The highest BCUT2D eigenvalue weighted by Crippen LogP contribution is 2.19. The van der Waals surface area contributed by atoms with Crippen molar-refractivity contribution in [2.24, 2.45) is 0 Å². The lowest BCUT2D eigenvalue weighted by atomic mass is 10.1. The normalized spacial score (nSPS) is 16.9. The Kier molecular flexibility index (Phi) is 9.54. The minimum atomic E-state index is -1.26. The molecule has 0 aliphatic carbocycles. The Morgan fingerprint density at radius 1 is 1.00 bits per heavy atom. The standard InChI is InChI=1S/C16H27N3O.C4H4O4/c1-3-9-18(10-4-1)11-6-7-13-20-16-14-15-8-2-5-12-19(15)17-16;5-3(6)1-2-4(7)8/h14H,1-13H2;1-2H,(H,5,6)(H,7,8). The van der Waals surface area contributed by atoms with Crippen molar-refractivity contribution in [2.75, 3.05) is 26.2 Å². The second-order valence-electron chi connectivity index (χ2n) is 7.12. The van der Waals surface area contributed by atoms with Gasteiger partial charge in [0.2, 0.25) is 5.88 Å². The fourth-order valence-electron chi connectivity index (χ4n) is 3.40. The number of aliphatic carboxylic acids is 2. The zero-order chi connectivity index (χ0) is 20.2. The van der Waals surface area contributed by atoms with Gasteiger partial charge in [0.25, 0.3) is 0 Å². The Morgan fingerprint density at radius 2 is 1.68 bits per heavy atom. The van der Waals surface area contributed by atoms with Crippen LogP contribution in [0.15, 0.2) is 18.2 Å². The number of carboxylic acids is 2. The molecule has 0 bridgehead atoms. The van der Waals surface area contributed by atoms with E-state index in [1.54, 1.807) is 0 Å². The molecule has 28 heavy (non-hydrogen) atoms. The second-order valence-corrected chi connectivity index (χ2v) is 7.12. The van der Waals surface area contributed by atoms with Crippen molar-refractivity contribution in [1.29, 1.82) is 0 Å². The van der Waals surface area contributed by atoms with Crippen molar-refractivity contribution in [3.8, 4) is 5.88 Å². The van der Waals surface area contributed by atoms with Gasteiger partial charge in [-0.3, -0.25) is 4.68 Å². The van der Waals surface area contributed by atoms with Crippen LogP contribution in [0.3, 0.4) is 0 Å². The molecule has 2 aliphatic heterocycles. The van der Waals surface area contributed by atoms with Crippen LogP contribution in [0.5, 0.6) is 5.88 Å². The lowest BCUT2D eigenvalue weighted by molar-refractivity contribution is -0.134. The molecule has 0 aromatic carbocycles. The van der Waals surface area contributed by atoms with Crippen molar-refractivity contribution in [1.82, 2.24) is 14.7 Å². The second kappa shape index (κ2) is 12.2. The van der Waals surface area contributed by atoms with E-state index in [1.807, 2.05) is 0 Å². The number of nitrogens with zero attached hydrogens (tertiary/aromatic N) is 3. The van der Waals surface area contributed by atoms with E-state index < -0.39 is 11.9 Å². The van der Waals surface area contributed by atoms with Gasteiger partial charge in [-0.2, -0.15) is 0 Å². The summed E-state index contributed by atoms with van der Waals surface area (Å²) < 4.78 is 7.92. The molecule has 0 spiro atoms. The Hall–Kier alpha value is -2.35. The van der Waals surface area contributed by atoms with Crippen molar-refractivity contribution in [3.05, 3.63) is 23.9 Å². The molecule has 0 amide bonds. The molecule has 8 heteroatoms. The van der Waals surface area contributed by atoms with Gasteiger partial charge in [-0.25, -0.2) is 9.59 Å². The fraction of sp³-hybridized carbons (Fsp3) is 0.650. The number of hydrogen-bond donors (Lipinski definition) is 2. The number of ether oxygens (including phenoxy) is 1. The molecular formula is C20H31N3O5. The Morgan fingerprint density at radius 3 is 2.32 bits per heavy atom. The maximum Gasteiger partial charge on any atom is 0.328 e. The summed E-state index contributed by atoms with van der Waals surface area (Å²) in [6.07, 6.45) is 11.4. The first-order valence-electron chi connectivity index (χ1n) is 10.1. The molecule has 2 aliphatic rings. The minimum absolute atomic E-state index is 0.558. The molecule has 1 saturated heterocycles. The summed E-state index contributed by atoms with van der Waals surface area (Å²) in [6.45, 7) is 5.71. The average Bonchev–Trinajstić information content (AvgIpc) is 3.10. The largest absolute Gasteiger partial charge is 0.478 e. The van der Waals surface area contributed by atoms with Crippen LogP contribution in [-0.2, 0) is 22.6 Å². The number of unbranched alkanes of at least 4 members (excludes halogenated alkanes) is 1. The lowest BCUT2D eigenvalue weighted by Crippen LogP contribution is -2.30. The number of rotatable bonds is 8. The van der Waals surface area contributed by atoms with Crippen LogP contribution in [0.1, 0.15) is 50.6 Å².